The Kier molecular flexibility index (Phi) is 9.08. The van der Waals surface area contributed by atoms with Crippen LogP contribution < -0.4 is 0 Å². The van der Waals surface area contributed by atoms with Crippen molar-refractivity contribution >= 4 is 0 Å². The first-order valence-electron chi connectivity index (χ1n) is 13.3. The Morgan fingerprint density at radius 3 is 2.36 bits per heavy atom. The third-order valence-electron chi connectivity index (χ3n) is 9.54. The van der Waals surface area contributed by atoms with Gasteiger partial charge in [-0.1, -0.05) is 56.6 Å². The van der Waals surface area contributed by atoms with Crippen molar-refractivity contribution in [2.75, 3.05) is 21.3 Å². The summed E-state index contributed by atoms with van der Waals surface area (Å²) in [7, 11) is 5.41. The summed E-state index contributed by atoms with van der Waals surface area (Å²) >= 11 is 0. The summed E-state index contributed by atoms with van der Waals surface area (Å²) in [5.74, 6) is 2.39. The van der Waals surface area contributed by atoms with E-state index < -0.39 is 0 Å². The fourth-order valence-electron chi connectivity index (χ4n) is 7.23. The van der Waals surface area contributed by atoms with Crippen LogP contribution in [0.5, 0.6) is 0 Å². The fraction of sp³-hybridized carbons (Fsp3) is 0.800. The maximum atomic E-state index is 5.69. The Bertz CT molecular complexity index is 715. The standard InChI is InChI=1S/C30H50O3/c1-21(11-9-17-29(3,4)33-8)25-15-16-26-24(12-10-18-30(25,26)5)14-13-23-19-27(31-6)22(2)28(20-23)32-7/h13-14,21,25-28H,2,9-12,15-20H2,1,3-8H3/b23-13?,24-14+/t21-,25?,26?,27?,28?,30-/m1/s1. The molecule has 3 rings (SSSR count). The summed E-state index contributed by atoms with van der Waals surface area (Å²) < 4.78 is 17.0. The highest BCUT2D eigenvalue weighted by Crippen LogP contribution is 2.60. The Morgan fingerprint density at radius 2 is 1.76 bits per heavy atom. The van der Waals surface area contributed by atoms with Crippen molar-refractivity contribution in [2.45, 2.75) is 110 Å². The van der Waals surface area contributed by atoms with Gasteiger partial charge in [0.05, 0.1) is 17.8 Å². The molecule has 6 atom stereocenters. The summed E-state index contributed by atoms with van der Waals surface area (Å²) in [6.45, 7) is 13.8. The molecule has 3 aliphatic rings. The second-order valence-electron chi connectivity index (χ2n) is 11.9. The molecule has 4 unspecified atom stereocenters. The van der Waals surface area contributed by atoms with Gasteiger partial charge in [0, 0.05) is 21.3 Å². The molecule has 188 valence electrons. The van der Waals surface area contributed by atoms with E-state index in [1.54, 1.807) is 19.8 Å². The SMILES string of the molecule is C=C1C(OC)CC(=C/C=C2\CCC[C@@]3(C)C2CCC3[C@H](C)CCCC(C)(C)OC)CC1OC. The van der Waals surface area contributed by atoms with E-state index in [9.17, 15) is 0 Å². The van der Waals surface area contributed by atoms with Crippen LogP contribution in [0.15, 0.2) is 35.5 Å². The molecule has 0 aliphatic heterocycles. The van der Waals surface area contributed by atoms with Crippen LogP contribution in [0.1, 0.15) is 91.9 Å². The Hall–Kier alpha value is -0.900. The van der Waals surface area contributed by atoms with Gasteiger partial charge in [0.2, 0.25) is 0 Å². The second kappa shape index (κ2) is 11.2. The maximum Gasteiger partial charge on any atom is 0.0840 e. The lowest BCUT2D eigenvalue weighted by molar-refractivity contribution is 0.0108. The molecule has 3 nitrogen and oxygen atoms in total. The molecule has 33 heavy (non-hydrogen) atoms. The maximum absolute atomic E-state index is 5.69. The topological polar surface area (TPSA) is 27.7 Å². The van der Waals surface area contributed by atoms with Crippen molar-refractivity contribution in [2.24, 2.45) is 23.2 Å². The molecule has 0 aromatic carbocycles. The minimum atomic E-state index is 0.00517. The minimum Gasteiger partial charge on any atom is -0.379 e. The third kappa shape index (κ3) is 6.03. The fourth-order valence-corrected chi connectivity index (χ4v) is 7.23. The number of ether oxygens (including phenoxy) is 3. The van der Waals surface area contributed by atoms with E-state index in [4.69, 9.17) is 14.2 Å². The van der Waals surface area contributed by atoms with Crippen molar-refractivity contribution in [3.8, 4) is 0 Å². The average molecular weight is 459 g/mol. The molecule has 3 heteroatoms. The zero-order valence-electron chi connectivity index (χ0n) is 22.5. The van der Waals surface area contributed by atoms with Gasteiger partial charge in [-0.3, -0.25) is 0 Å². The van der Waals surface area contributed by atoms with Crippen LogP contribution in [0.3, 0.4) is 0 Å². The largest absolute Gasteiger partial charge is 0.379 e. The molecule has 0 spiro atoms. The van der Waals surface area contributed by atoms with Crippen LogP contribution in [0.25, 0.3) is 0 Å². The van der Waals surface area contributed by atoms with E-state index in [0.717, 1.165) is 42.6 Å². The molecular weight excluding hydrogens is 408 g/mol. The number of hydrogen-bond donors (Lipinski definition) is 0. The molecule has 0 amide bonds. The summed E-state index contributed by atoms with van der Waals surface area (Å²) in [5.41, 5.74) is 4.68. The van der Waals surface area contributed by atoms with E-state index in [1.807, 2.05) is 7.11 Å². The van der Waals surface area contributed by atoms with E-state index in [1.165, 1.54) is 50.5 Å². The molecule has 0 radical (unpaired) electrons. The molecule has 3 aliphatic carbocycles. The van der Waals surface area contributed by atoms with Crippen molar-refractivity contribution < 1.29 is 14.2 Å². The van der Waals surface area contributed by atoms with Crippen LogP contribution in [-0.2, 0) is 14.2 Å². The van der Waals surface area contributed by atoms with Gasteiger partial charge in [0.25, 0.3) is 0 Å². The van der Waals surface area contributed by atoms with E-state index in [-0.39, 0.29) is 17.8 Å². The first kappa shape index (κ1) is 26.7. The lowest BCUT2D eigenvalue weighted by Crippen LogP contribution is -2.36. The highest BCUT2D eigenvalue weighted by molar-refractivity contribution is 5.30. The zero-order valence-corrected chi connectivity index (χ0v) is 22.5. The van der Waals surface area contributed by atoms with E-state index >= 15 is 0 Å². The number of fused-ring (bicyclic) bond motifs is 1. The number of rotatable bonds is 9. The van der Waals surface area contributed by atoms with Crippen molar-refractivity contribution in [1.29, 1.82) is 0 Å². The van der Waals surface area contributed by atoms with Gasteiger partial charge >= 0.3 is 0 Å². The summed E-state index contributed by atoms with van der Waals surface area (Å²) in [4.78, 5) is 0. The highest BCUT2D eigenvalue weighted by atomic mass is 16.5. The van der Waals surface area contributed by atoms with E-state index in [0.29, 0.717) is 5.41 Å². The van der Waals surface area contributed by atoms with E-state index in [2.05, 4.69) is 46.4 Å². The van der Waals surface area contributed by atoms with Gasteiger partial charge in [-0.2, -0.15) is 0 Å². The smallest absolute Gasteiger partial charge is 0.0840 e. The van der Waals surface area contributed by atoms with Crippen molar-refractivity contribution in [1.82, 2.24) is 0 Å². The van der Waals surface area contributed by atoms with Gasteiger partial charge in [0.1, 0.15) is 0 Å². The molecule has 0 heterocycles. The van der Waals surface area contributed by atoms with Crippen LogP contribution in [0, 0.1) is 23.2 Å². The van der Waals surface area contributed by atoms with Gasteiger partial charge in [0.15, 0.2) is 0 Å². The van der Waals surface area contributed by atoms with Crippen LogP contribution in [-0.4, -0.2) is 39.1 Å². The molecule has 0 N–H and O–H groups in total. The Morgan fingerprint density at radius 1 is 1.09 bits per heavy atom. The van der Waals surface area contributed by atoms with Gasteiger partial charge < -0.3 is 14.2 Å². The molecule has 3 fully saturated rings. The lowest BCUT2D eigenvalue weighted by Gasteiger charge is -2.44. The molecule has 0 aromatic heterocycles. The zero-order chi connectivity index (χ0) is 24.2. The Labute approximate surface area is 204 Å². The number of hydrogen-bond acceptors (Lipinski definition) is 3. The molecule has 3 saturated carbocycles. The van der Waals surface area contributed by atoms with Crippen molar-refractivity contribution in [3.05, 3.63) is 35.5 Å². The van der Waals surface area contributed by atoms with Crippen LogP contribution in [0.2, 0.25) is 0 Å². The lowest BCUT2D eigenvalue weighted by atomic mass is 9.60. The van der Waals surface area contributed by atoms with Crippen LogP contribution in [0.4, 0.5) is 0 Å². The summed E-state index contributed by atoms with van der Waals surface area (Å²) in [6, 6.07) is 0. The second-order valence-corrected chi connectivity index (χ2v) is 11.9. The predicted octanol–water partition coefficient (Wildman–Crippen LogP) is 7.67. The minimum absolute atomic E-state index is 0.00517. The average Bonchev–Trinajstić information content (AvgIpc) is 3.15. The summed E-state index contributed by atoms with van der Waals surface area (Å²) in [5, 5.41) is 0. The number of methoxy groups -OCH3 is 3. The first-order valence-corrected chi connectivity index (χ1v) is 13.3. The predicted molar refractivity (Wildman–Crippen MR) is 138 cm³/mol. The quantitative estimate of drug-likeness (QED) is 0.332. The van der Waals surface area contributed by atoms with Gasteiger partial charge in [-0.05, 0) is 94.0 Å². The molecule has 0 bridgehead atoms. The Balaban J connectivity index is 1.68. The van der Waals surface area contributed by atoms with Crippen LogP contribution >= 0.6 is 0 Å². The van der Waals surface area contributed by atoms with Crippen molar-refractivity contribution in [3.63, 3.8) is 0 Å². The summed E-state index contributed by atoms with van der Waals surface area (Å²) in [6.07, 6.45) is 17.4. The highest BCUT2D eigenvalue weighted by Gasteiger charge is 2.50. The molecule has 0 saturated heterocycles. The molecule has 0 aromatic rings. The molecular formula is C30H50O3. The first-order chi connectivity index (χ1) is 15.6. The third-order valence-corrected chi connectivity index (χ3v) is 9.54. The van der Waals surface area contributed by atoms with Gasteiger partial charge in [-0.25, -0.2) is 0 Å². The van der Waals surface area contributed by atoms with Gasteiger partial charge in [-0.15, -0.1) is 0 Å². The monoisotopic (exact) mass is 458 g/mol. The number of allylic oxidation sites excluding steroid dienone is 3. The normalized spacial score (nSPS) is 35.1.